The number of nitrogens with zero attached hydrogens (tertiary/aromatic N) is 1. The number of anilines is 1. The van der Waals surface area contributed by atoms with Gasteiger partial charge in [0.2, 0.25) is 5.91 Å². The number of thiazole rings is 1. The number of hydrogen-bond acceptors (Lipinski definition) is 5. The number of nitrogens with one attached hydrogen (secondary N) is 1. The normalized spacial score (nSPS) is 11.4. The summed E-state index contributed by atoms with van der Waals surface area (Å²) in [6.07, 6.45) is 1.07. The number of thiophene rings is 1. The Labute approximate surface area is 168 Å². The predicted octanol–water partition coefficient (Wildman–Crippen LogP) is 5.97. The van der Waals surface area contributed by atoms with Gasteiger partial charge in [-0.3, -0.25) is 4.79 Å². The molecule has 2 heterocycles. The largest absolute Gasteiger partial charge is 0.494 e. The quantitative estimate of drug-likeness (QED) is 0.497. The molecule has 1 amide bonds. The van der Waals surface area contributed by atoms with Crippen molar-refractivity contribution in [1.82, 2.24) is 4.98 Å². The molecule has 0 aliphatic rings. The first kappa shape index (κ1) is 19.6. The van der Waals surface area contributed by atoms with Gasteiger partial charge in [-0.1, -0.05) is 39.0 Å². The summed E-state index contributed by atoms with van der Waals surface area (Å²) in [5, 5.41) is 7.49. The maximum absolute atomic E-state index is 12.1. The van der Waals surface area contributed by atoms with Gasteiger partial charge in [0.1, 0.15) is 5.75 Å². The molecule has 0 atom stereocenters. The first-order valence-electron chi connectivity index (χ1n) is 8.94. The van der Waals surface area contributed by atoms with E-state index in [0.29, 0.717) is 24.6 Å². The van der Waals surface area contributed by atoms with Gasteiger partial charge >= 0.3 is 0 Å². The topological polar surface area (TPSA) is 51.2 Å². The smallest absolute Gasteiger partial charge is 0.226 e. The van der Waals surface area contributed by atoms with Crippen LogP contribution in [0.1, 0.15) is 39.2 Å². The van der Waals surface area contributed by atoms with Crippen LogP contribution in [0.2, 0.25) is 0 Å². The van der Waals surface area contributed by atoms with Crippen LogP contribution in [0, 0.1) is 0 Å². The summed E-state index contributed by atoms with van der Waals surface area (Å²) in [5.41, 5.74) is 2.32. The molecular formula is C21H24N2O2S2. The minimum Gasteiger partial charge on any atom is -0.494 e. The molecule has 3 rings (SSSR count). The molecule has 0 bridgehead atoms. The highest BCUT2D eigenvalue weighted by molar-refractivity contribution is 7.16. The second kappa shape index (κ2) is 8.67. The summed E-state index contributed by atoms with van der Waals surface area (Å²) in [6.45, 7) is 7.08. The second-order valence-corrected chi connectivity index (χ2v) is 9.10. The van der Waals surface area contributed by atoms with E-state index in [2.05, 4.69) is 43.2 Å². The SMILES string of the molecule is CC(C)(C)c1ccc(OCCCC(=O)Nc2nc(-c3cccs3)cs2)cc1. The Hall–Kier alpha value is -2.18. The van der Waals surface area contributed by atoms with Gasteiger partial charge in [-0.25, -0.2) is 4.98 Å². The Morgan fingerprint density at radius 3 is 2.59 bits per heavy atom. The molecule has 1 N–H and O–H groups in total. The van der Waals surface area contributed by atoms with Gasteiger partial charge in [0.15, 0.2) is 5.13 Å². The van der Waals surface area contributed by atoms with Crippen LogP contribution < -0.4 is 10.1 Å². The van der Waals surface area contributed by atoms with Gasteiger partial charge in [0.05, 0.1) is 17.2 Å². The van der Waals surface area contributed by atoms with Crippen LogP contribution in [-0.4, -0.2) is 17.5 Å². The third-order valence-electron chi connectivity index (χ3n) is 4.06. The van der Waals surface area contributed by atoms with Gasteiger partial charge in [-0.15, -0.1) is 22.7 Å². The molecule has 0 fully saturated rings. The highest BCUT2D eigenvalue weighted by atomic mass is 32.1. The summed E-state index contributed by atoms with van der Waals surface area (Å²) < 4.78 is 5.74. The van der Waals surface area contributed by atoms with Crippen LogP contribution in [0.15, 0.2) is 47.2 Å². The van der Waals surface area contributed by atoms with Crippen molar-refractivity contribution in [3.8, 4) is 16.3 Å². The van der Waals surface area contributed by atoms with Gasteiger partial charge in [-0.05, 0) is 41.0 Å². The van der Waals surface area contributed by atoms with E-state index in [9.17, 15) is 4.79 Å². The van der Waals surface area contributed by atoms with E-state index in [1.165, 1.54) is 16.9 Å². The zero-order valence-corrected chi connectivity index (χ0v) is 17.5. The second-order valence-electron chi connectivity index (χ2n) is 7.29. The molecule has 0 saturated heterocycles. The fourth-order valence-electron chi connectivity index (χ4n) is 2.52. The summed E-state index contributed by atoms with van der Waals surface area (Å²) in [5.74, 6) is 0.803. The van der Waals surface area contributed by atoms with Crippen molar-refractivity contribution in [3.05, 3.63) is 52.7 Å². The van der Waals surface area contributed by atoms with E-state index in [1.54, 1.807) is 11.3 Å². The average Bonchev–Trinajstić information content (AvgIpc) is 3.30. The van der Waals surface area contributed by atoms with Crippen molar-refractivity contribution in [2.24, 2.45) is 0 Å². The van der Waals surface area contributed by atoms with E-state index in [4.69, 9.17) is 4.74 Å². The van der Waals surface area contributed by atoms with Crippen molar-refractivity contribution < 1.29 is 9.53 Å². The van der Waals surface area contributed by atoms with E-state index in [-0.39, 0.29) is 11.3 Å². The summed E-state index contributed by atoms with van der Waals surface area (Å²) in [7, 11) is 0. The molecule has 0 spiro atoms. The predicted molar refractivity (Wildman–Crippen MR) is 114 cm³/mol. The standard InChI is InChI=1S/C21H24N2O2S2/c1-21(2,3)15-8-10-16(11-9-15)25-12-4-7-19(24)23-20-22-17(14-27-20)18-6-5-13-26-18/h5-6,8-11,13-14H,4,7,12H2,1-3H3,(H,22,23,24). The maximum atomic E-state index is 12.1. The number of hydrogen-bond donors (Lipinski definition) is 1. The van der Waals surface area contributed by atoms with Gasteiger partial charge < -0.3 is 10.1 Å². The number of carbonyl (C=O) groups excluding carboxylic acids is 1. The van der Waals surface area contributed by atoms with Gasteiger partial charge in [0, 0.05) is 11.8 Å². The van der Waals surface area contributed by atoms with Crippen molar-refractivity contribution in [1.29, 1.82) is 0 Å². The lowest BCUT2D eigenvalue weighted by molar-refractivity contribution is -0.116. The number of aromatic nitrogens is 1. The molecule has 0 radical (unpaired) electrons. The highest BCUT2D eigenvalue weighted by Gasteiger charge is 2.13. The highest BCUT2D eigenvalue weighted by Crippen LogP contribution is 2.28. The van der Waals surface area contributed by atoms with Gasteiger partial charge in [0.25, 0.3) is 0 Å². The summed E-state index contributed by atoms with van der Waals surface area (Å²) >= 11 is 3.09. The zero-order chi connectivity index (χ0) is 19.3. The molecule has 0 aliphatic carbocycles. The third-order valence-corrected chi connectivity index (χ3v) is 5.71. The Kier molecular flexibility index (Phi) is 6.29. The van der Waals surface area contributed by atoms with Crippen LogP contribution in [-0.2, 0) is 10.2 Å². The lowest BCUT2D eigenvalue weighted by Gasteiger charge is -2.19. The molecule has 0 aliphatic heterocycles. The molecule has 0 saturated carbocycles. The molecule has 27 heavy (non-hydrogen) atoms. The van der Waals surface area contributed by atoms with Crippen LogP contribution in [0.4, 0.5) is 5.13 Å². The lowest BCUT2D eigenvalue weighted by atomic mass is 9.87. The maximum Gasteiger partial charge on any atom is 0.226 e. The molecule has 2 aromatic heterocycles. The Morgan fingerprint density at radius 1 is 1.15 bits per heavy atom. The molecule has 1 aromatic carbocycles. The van der Waals surface area contributed by atoms with Crippen LogP contribution in [0.25, 0.3) is 10.6 Å². The fraction of sp³-hybridized carbons (Fsp3) is 0.333. The lowest BCUT2D eigenvalue weighted by Crippen LogP contribution is -2.13. The third kappa shape index (κ3) is 5.65. The monoisotopic (exact) mass is 400 g/mol. The number of rotatable bonds is 7. The number of amides is 1. The zero-order valence-electron chi connectivity index (χ0n) is 15.8. The van der Waals surface area contributed by atoms with Crippen LogP contribution >= 0.6 is 22.7 Å². The molecule has 0 unspecified atom stereocenters. The minimum atomic E-state index is -0.0336. The van der Waals surface area contributed by atoms with Crippen molar-refractivity contribution in [2.75, 3.05) is 11.9 Å². The first-order chi connectivity index (χ1) is 12.9. The van der Waals surface area contributed by atoms with Crippen molar-refractivity contribution >= 4 is 33.7 Å². The Bertz CT molecular complexity index is 862. The Balaban J connectivity index is 1.40. The first-order valence-corrected chi connectivity index (χ1v) is 10.7. The van der Waals surface area contributed by atoms with Crippen LogP contribution in [0.5, 0.6) is 5.75 Å². The van der Waals surface area contributed by atoms with Crippen molar-refractivity contribution in [3.63, 3.8) is 0 Å². The molecular weight excluding hydrogens is 376 g/mol. The van der Waals surface area contributed by atoms with Crippen LogP contribution in [0.3, 0.4) is 0 Å². The molecule has 6 heteroatoms. The molecule has 3 aromatic rings. The summed E-state index contributed by atoms with van der Waals surface area (Å²) in [4.78, 5) is 17.6. The average molecular weight is 401 g/mol. The molecule has 4 nitrogen and oxygen atoms in total. The van der Waals surface area contributed by atoms with Gasteiger partial charge in [-0.2, -0.15) is 0 Å². The minimum absolute atomic E-state index is 0.0336. The Morgan fingerprint density at radius 2 is 1.93 bits per heavy atom. The van der Waals surface area contributed by atoms with E-state index < -0.39 is 0 Å². The summed E-state index contributed by atoms with van der Waals surface area (Å²) in [6, 6.07) is 12.2. The van der Waals surface area contributed by atoms with Crippen molar-refractivity contribution in [2.45, 2.75) is 39.0 Å². The van der Waals surface area contributed by atoms with E-state index >= 15 is 0 Å². The number of benzene rings is 1. The number of carbonyl (C=O) groups is 1. The van der Waals surface area contributed by atoms with E-state index in [0.717, 1.165) is 16.3 Å². The number of ether oxygens (including phenoxy) is 1. The fourth-order valence-corrected chi connectivity index (χ4v) is 4.01. The van der Waals surface area contributed by atoms with E-state index in [1.807, 2.05) is 35.0 Å². The molecule has 142 valence electrons.